The molecule has 1 aliphatic rings. The van der Waals surface area contributed by atoms with Crippen molar-refractivity contribution in [2.75, 3.05) is 11.4 Å². The fourth-order valence-electron chi connectivity index (χ4n) is 2.54. The highest BCUT2D eigenvalue weighted by molar-refractivity contribution is 9.10. The molecule has 0 amide bonds. The van der Waals surface area contributed by atoms with Gasteiger partial charge in [-0.1, -0.05) is 6.92 Å². The van der Waals surface area contributed by atoms with Gasteiger partial charge in [0.05, 0.1) is 10.5 Å². The first kappa shape index (κ1) is 13.4. The van der Waals surface area contributed by atoms with E-state index in [4.69, 9.17) is 0 Å². The number of halogens is 1. The minimum atomic E-state index is 0.211. The predicted octanol–water partition coefficient (Wildman–Crippen LogP) is 2.93. The lowest BCUT2D eigenvalue weighted by Crippen LogP contribution is -2.25. The summed E-state index contributed by atoms with van der Waals surface area (Å²) in [4.78, 5) is 19.8. The maximum absolute atomic E-state index is 4.44. The van der Waals surface area contributed by atoms with Gasteiger partial charge < -0.3 is 4.90 Å². The summed E-state index contributed by atoms with van der Waals surface area (Å²) in [7, 11) is 0. The van der Waals surface area contributed by atoms with E-state index >= 15 is 0 Å². The Morgan fingerprint density at radius 3 is 2.80 bits per heavy atom. The van der Waals surface area contributed by atoms with Gasteiger partial charge in [0.15, 0.2) is 5.82 Å². The Labute approximate surface area is 126 Å². The van der Waals surface area contributed by atoms with Crippen LogP contribution in [0.2, 0.25) is 0 Å². The molecule has 0 N–H and O–H groups in total. The highest BCUT2D eigenvalue weighted by Crippen LogP contribution is 2.33. The molecule has 0 aromatic carbocycles. The van der Waals surface area contributed by atoms with Crippen LogP contribution in [0, 0.1) is 0 Å². The monoisotopic (exact) mass is 333 g/mol. The second-order valence-corrected chi connectivity index (χ2v) is 5.75. The molecule has 20 heavy (non-hydrogen) atoms. The van der Waals surface area contributed by atoms with Gasteiger partial charge in [-0.2, -0.15) is 0 Å². The van der Waals surface area contributed by atoms with Crippen LogP contribution >= 0.6 is 15.9 Å². The van der Waals surface area contributed by atoms with E-state index in [1.54, 1.807) is 18.7 Å². The van der Waals surface area contributed by atoms with Crippen LogP contribution in [0.3, 0.4) is 0 Å². The number of rotatable bonds is 3. The van der Waals surface area contributed by atoms with Crippen LogP contribution < -0.4 is 4.90 Å². The zero-order valence-corrected chi connectivity index (χ0v) is 12.9. The molecule has 2 aromatic rings. The molecular weight excluding hydrogens is 318 g/mol. The Morgan fingerprint density at radius 1 is 1.25 bits per heavy atom. The largest absolute Gasteiger partial charge is 0.346 e. The predicted molar refractivity (Wildman–Crippen MR) is 80.5 cm³/mol. The zero-order valence-electron chi connectivity index (χ0n) is 11.3. The van der Waals surface area contributed by atoms with Crippen molar-refractivity contribution < 1.29 is 0 Å². The summed E-state index contributed by atoms with van der Waals surface area (Å²) in [6.07, 6.45) is 8.37. The van der Waals surface area contributed by atoms with E-state index in [9.17, 15) is 0 Å². The van der Waals surface area contributed by atoms with E-state index in [-0.39, 0.29) is 6.04 Å². The molecule has 104 valence electrons. The highest BCUT2D eigenvalue weighted by Gasteiger charge is 2.29. The molecule has 1 fully saturated rings. The van der Waals surface area contributed by atoms with Crippen molar-refractivity contribution >= 4 is 21.7 Å². The van der Waals surface area contributed by atoms with Crippen LogP contribution in [-0.4, -0.2) is 26.5 Å². The molecule has 0 saturated carbocycles. The summed E-state index contributed by atoms with van der Waals surface area (Å²) in [5, 5.41) is 0. The summed E-state index contributed by atoms with van der Waals surface area (Å²) in [5.74, 6) is 1.84. The van der Waals surface area contributed by atoms with E-state index < -0.39 is 0 Å². The maximum Gasteiger partial charge on any atom is 0.150 e. The van der Waals surface area contributed by atoms with Crippen LogP contribution in [0.15, 0.2) is 29.3 Å². The molecule has 3 heterocycles. The summed E-state index contributed by atoms with van der Waals surface area (Å²) in [6, 6.07) is 2.28. The van der Waals surface area contributed by atoms with Gasteiger partial charge in [0.1, 0.15) is 12.1 Å². The Morgan fingerprint density at radius 2 is 2.05 bits per heavy atom. The normalized spacial score (nSPS) is 18.5. The molecule has 3 rings (SSSR count). The van der Waals surface area contributed by atoms with Crippen LogP contribution in [0.4, 0.5) is 5.82 Å². The van der Waals surface area contributed by atoms with E-state index in [1.807, 2.05) is 0 Å². The molecule has 0 spiro atoms. The van der Waals surface area contributed by atoms with Crippen molar-refractivity contribution in [3.8, 4) is 0 Å². The molecular formula is C14H16BrN5. The van der Waals surface area contributed by atoms with Crippen LogP contribution in [0.25, 0.3) is 0 Å². The third-order valence-electron chi connectivity index (χ3n) is 3.56. The first-order chi connectivity index (χ1) is 9.78. The Hall–Kier alpha value is -1.56. The number of hydrogen-bond donors (Lipinski definition) is 0. The van der Waals surface area contributed by atoms with Gasteiger partial charge in [-0.25, -0.2) is 19.9 Å². The minimum absolute atomic E-state index is 0.211. The van der Waals surface area contributed by atoms with Gasteiger partial charge in [-0.15, -0.1) is 0 Å². The molecule has 5 nitrogen and oxygen atoms in total. The van der Waals surface area contributed by atoms with E-state index in [0.717, 1.165) is 47.6 Å². The van der Waals surface area contributed by atoms with E-state index in [0.29, 0.717) is 0 Å². The Balaban J connectivity index is 1.90. The van der Waals surface area contributed by atoms with E-state index in [1.165, 1.54) is 0 Å². The third-order valence-corrected chi connectivity index (χ3v) is 3.97. The quantitative estimate of drug-likeness (QED) is 0.864. The van der Waals surface area contributed by atoms with Crippen molar-refractivity contribution in [2.45, 2.75) is 32.2 Å². The minimum Gasteiger partial charge on any atom is -0.346 e. The smallest absolute Gasteiger partial charge is 0.150 e. The molecule has 6 heteroatoms. The molecule has 0 radical (unpaired) electrons. The fraction of sp³-hybridized carbons (Fsp3) is 0.429. The first-order valence-electron chi connectivity index (χ1n) is 6.83. The third kappa shape index (κ3) is 2.65. The summed E-state index contributed by atoms with van der Waals surface area (Å²) in [5.41, 5.74) is 1.07. The average Bonchev–Trinajstić information content (AvgIpc) is 2.97. The molecule has 1 aliphatic heterocycles. The Kier molecular flexibility index (Phi) is 3.91. The SMILES string of the molecule is CCc1cc(N2CCCC2c2ncc(Br)cn2)ncn1. The second-order valence-electron chi connectivity index (χ2n) is 4.83. The first-order valence-corrected chi connectivity index (χ1v) is 7.62. The highest BCUT2D eigenvalue weighted by atomic mass is 79.9. The van der Waals surface area contributed by atoms with Gasteiger partial charge in [0.25, 0.3) is 0 Å². The molecule has 0 bridgehead atoms. The number of aromatic nitrogens is 4. The standard InChI is InChI=1S/C14H16BrN5/c1-2-11-6-13(19-9-18-11)20-5-3-4-12(20)14-16-7-10(15)8-17-14/h6-9,12H,2-5H2,1H3. The zero-order chi connectivity index (χ0) is 13.9. The van der Waals surface area contributed by atoms with Gasteiger partial charge in [-0.3, -0.25) is 0 Å². The van der Waals surface area contributed by atoms with Gasteiger partial charge in [-0.05, 0) is 35.2 Å². The van der Waals surface area contributed by atoms with Crippen molar-refractivity contribution in [2.24, 2.45) is 0 Å². The van der Waals surface area contributed by atoms with Crippen LogP contribution in [-0.2, 0) is 6.42 Å². The number of nitrogens with zero attached hydrogens (tertiary/aromatic N) is 5. The fourth-order valence-corrected chi connectivity index (χ4v) is 2.74. The molecule has 1 atom stereocenters. The topological polar surface area (TPSA) is 54.8 Å². The summed E-state index contributed by atoms with van der Waals surface area (Å²) in [6.45, 7) is 3.09. The van der Waals surface area contributed by atoms with Crippen molar-refractivity contribution in [3.63, 3.8) is 0 Å². The molecule has 1 unspecified atom stereocenters. The van der Waals surface area contributed by atoms with Gasteiger partial charge >= 0.3 is 0 Å². The maximum atomic E-state index is 4.44. The van der Waals surface area contributed by atoms with Crippen molar-refractivity contribution in [3.05, 3.63) is 40.8 Å². The number of anilines is 1. The molecule has 1 saturated heterocycles. The lowest BCUT2D eigenvalue weighted by atomic mass is 10.2. The Bertz CT molecular complexity index is 586. The molecule has 0 aliphatic carbocycles. The lowest BCUT2D eigenvalue weighted by molar-refractivity contribution is 0.658. The number of hydrogen-bond acceptors (Lipinski definition) is 5. The van der Waals surface area contributed by atoms with Crippen molar-refractivity contribution in [1.82, 2.24) is 19.9 Å². The van der Waals surface area contributed by atoms with Crippen LogP contribution in [0.1, 0.15) is 37.3 Å². The lowest BCUT2D eigenvalue weighted by Gasteiger charge is -2.24. The summed E-state index contributed by atoms with van der Waals surface area (Å²) >= 11 is 3.37. The van der Waals surface area contributed by atoms with E-state index in [2.05, 4.69) is 53.8 Å². The second kappa shape index (κ2) is 5.83. The average molecular weight is 334 g/mol. The van der Waals surface area contributed by atoms with Crippen molar-refractivity contribution in [1.29, 1.82) is 0 Å². The number of aryl methyl sites for hydroxylation is 1. The van der Waals surface area contributed by atoms with Gasteiger partial charge in [0.2, 0.25) is 0 Å². The molecule has 2 aromatic heterocycles. The summed E-state index contributed by atoms with van der Waals surface area (Å²) < 4.78 is 0.904. The van der Waals surface area contributed by atoms with Crippen LogP contribution in [0.5, 0.6) is 0 Å². The van der Waals surface area contributed by atoms with Gasteiger partial charge in [0, 0.05) is 30.7 Å².